The summed E-state index contributed by atoms with van der Waals surface area (Å²) < 4.78 is 5.24. The SMILES string of the molecule is CCOC(=O)c1cccc(C[P+](c2ccccc2)(c2ccccc2)c2ccccc2)c1.[Br-]. The first kappa shape index (κ1) is 23.9. The van der Waals surface area contributed by atoms with Crippen molar-refractivity contribution in [2.45, 2.75) is 13.1 Å². The van der Waals surface area contributed by atoms with E-state index in [0.29, 0.717) is 12.2 Å². The predicted molar refractivity (Wildman–Crippen MR) is 131 cm³/mol. The second-order valence-electron chi connectivity index (χ2n) is 7.40. The quantitative estimate of drug-likeness (QED) is 0.285. The summed E-state index contributed by atoms with van der Waals surface area (Å²) in [7, 11) is -1.99. The van der Waals surface area contributed by atoms with E-state index in [0.717, 1.165) is 11.7 Å². The molecule has 2 nitrogen and oxygen atoms in total. The lowest BCUT2D eigenvalue weighted by Gasteiger charge is -2.28. The molecule has 4 aromatic carbocycles. The topological polar surface area (TPSA) is 26.3 Å². The molecule has 0 bridgehead atoms. The molecule has 0 aliphatic carbocycles. The molecule has 162 valence electrons. The van der Waals surface area contributed by atoms with E-state index in [9.17, 15) is 4.79 Å². The van der Waals surface area contributed by atoms with E-state index in [4.69, 9.17) is 4.74 Å². The first-order valence-electron chi connectivity index (χ1n) is 10.5. The van der Waals surface area contributed by atoms with Crippen molar-refractivity contribution in [3.05, 3.63) is 126 Å². The van der Waals surface area contributed by atoms with Crippen molar-refractivity contribution in [3.8, 4) is 0 Å². The van der Waals surface area contributed by atoms with Gasteiger partial charge in [0.05, 0.1) is 18.3 Å². The zero-order valence-corrected chi connectivity index (χ0v) is 20.5. The Hall–Kier alpha value is -2.74. The van der Waals surface area contributed by atoms with Gasteiger partial charge in [0.1, 0.15) is 23.2 Å². The highest BCUT2D eigenvalue weighted by molar-refractivity contribution is 7.95. The second kappa shape index (κ2) is 11.2. The van der Waals surface area contributed by atoms with Gasteiger partial charge in [-0.15, -0.1) is 0 Å². The predicted octanol–water partition coefficient (Wildman–Crippen LogP) is 2.36. The maximum Gasteiger partial charge on any atom is 0.338 e. The van der Waals surface area contributed by atoms with Crippen LogP contribution in [0, 0.1) is 0 Å². The average molecular weight is 505 g/mol. The Kier molecular flexibility index (Phi) is 8.39. The van der Waals surface area contributed by atoms with Crippen molar-refractivity contribution in [2.75, 3.05) is 6.61 Å². The standard InChI is InChI=1S/C28H26O2P.BrH/c1-2-30-28(29)24-14-12-13-23(21-24)22-31(25-15-6-3-7-16-25,26-17-8-4-9-18-26)27-19-10-5-11-20-27;/h3-21H,2,22H2,1H3;1H/q+1;/p-1. The fourth-order valence-electron chi connectivity index (χ4n) is 4.05. The number of hydrogen-bond acceptors (Lipinski definition) is 2. The van der Waals surface area contributed by atoms with E-state index in [1.54, 1.807) is 0 Å². The van der Waals surface area contributed by atoms with Crippen LogP contribution in [-0.4, -0.2) is 12.6 Å². The number of carbonyl (C=O) groups excluding carboxylic acids is 1. The van der Waals surface area contributed by atoms with Gasteiger partial charge in [0.25, 0.3) is 0 Å². The molecule has 0 spiro atoms. The zero-order chi connectivity index (χ0) is 21.5. The molecule has 0 aliphatic heterocycles. The van der Waals surface area contributed by atoms with Crippen molar-refractivity contribution in [3.63, 3.8) is 0 Å². The van der Waals surface area contributed by atoms with E-state index >= 15 is 0 Å². The molecule has 0 heterocycles. The van der Waals surface area contributed by atoms with Gasteiger partial charge in [-0.05, 0) is 61.0 Å². The molecule has 0 atom stereocenters. The van der Waals surface area contributed by atoms with Gasteiger partial charge in [0.2, 0.25) is 0 Å². The molecule has 0 N–H and O–H groups in total. The Balaban J connectivity index is 0.00000289. The van der Waals surface area contributed by atoms with Crippen molar-refractivity contribution in [2.24, 2.45) is 0 Å². The van der Waals surface area contributed by atoms with E-state index in [-0.39, 0.29) is 23.0 Å². The zero-order valence-electron chi connectivity index (χ0n) is 18.0. The molecular formula is C28H26BrO2P. The third-order valence-electron chi connectivity index (χ3n) is 5.45. The summed E-state index contributed by atoms with van der Waals surface area (Å²) in [5, 5.41) is 3.98. The van der Waals surface area contributed by atoms with Gasteiger partial charge in [-0.3, -0.25) is 0 Å². The number of carbonyl (C=O) groups is 1. The van der Waals surface area contributed by atoms with Crippen LogP contribution in [-0.2, 0) is 10.9 Å². The molecule has 4 rings (SSSR count). The first-order chi connectivity index (χ1) is 15.2. The van der Waals surface area contributed by atoms with Crippen LogP contribution in [0.3, 0.4) is 0 Å². The number of esters is 1. The highest BCUT2D eigenvalue weighted by Crippen LogP contribution is 2.58. The Morgan fingerprint density at radius 2 is 1.16 bits per heavy atom. The largest absolute Gasteiger partial charge is 1.00 e. The van der Waals surface area contributed by atoms with Crippen molar-refractivity contribution >= 4 is 29.1 Å². The van der Waals surface area contributed by atoms with Crippen LogP contribution in [0.15, 0.2) is 115 Å². The second-order valence-corrected chi connectivity index (χ2v) is 10.9. The van der Waals surface area contributed by atoms with E-state index in [1.807, 2.05) is 25.1 Å². The summed E-state index contributed by atoms with van der Waals surface area (Å²) in [6.45, 7) is 2.20. The lowest BCUT2D eigenvalue weighted by Crippen LogP contribution is -3.00. The van der Waals surface area contributed by atoms with Gasteiger partial charge >= 0.3 is 5.97 Å². The monoisotopic (exact) mass is 504 g/mol. The van der Waals surface area contributed by atoms with Crippen molar-refractivity contribution in [1.82, 2.24) is 0 Å². The third kappa shape index (κ3) is 5.01. The average Bonchev–Trinajstić information content (AvgIpc) is 2.84. The van der Waals surface area contributed by atoms with Gasteiger partial charge in [0, 0.05) is 0 Å². The lowest BCUT2D eigenvalue weighted by molar-refractivity contribution is -0.0000240. The van der Waals surface area contributed by atoms with Crippen LogP contribution >= 0.6 is 7.26 Å². The molecule has 0 aliphatic rings. The molecule has 0 aromatic heterocycles. The van der Waals surface area contributed by atoms with Crippen LogP contribution in [0.25, 0.3) is 0 Å². The van der Waals surface area contributed by atoms with Crippen LogP contribution in [0.5, 0.6) is 0 Å². The smallest absolute Gasteiger partial charge is 0.338 e. The summed E-state index contributed by atoms with van der Waals surface area (Å²) in [6, 6.07) is 40.2. The first-order valence-corrected chi connectivity index (χ1v) is 12.5. The minimum Gasteiger partial charge on any atom is -1.00 e. The highest BCUT2D eigenvalue weighted by Gasteiger charge is 2.45. The van der Waals surface area contributed by atoms with Gasteiger partial charge in [-0.25, -0.2) is 4.79 Å². The van der Waals surface area contributed by atoms with Crippen molar-refractivity contribution in [1.29, 1.82) is 0 Å². The minimum atomic E-state index is -1.99. The van der Waals surface area contributed by atoms with Crippen molar-refractivity contribution < 1.29 is 26.5 Å². The van der Waals surface area contributed by atoms with Gasteiger partial charge < -0.3 is 21.7 Å². The molecule has 0 unspecified atom stereocenters. The van der Waals surface area contributed by atoms with Crippen LogP contribution in [0.2, 0.25) is 0 Å². The number of rotatable bonds is 7. The molecule has 32 heavy (non-hydrogen) atoms. The van der Waals surface area contributed by atoms with Crippen LogP contribution in [0.4, 0.5) is 0 Å². The molecule has 0 amide bonds. The Bertz CT molecular complexity index is 1040. The molecule has 4 heteroatoms. The Morgan fingerprint density at radius 3 is 1.59 bits per heavy atom. The number of benzene rings is 4. The lowest BCUT2D eigenvalue weighted by atomic mass is 10.1. The summed E-state index contributed by atoms with van der Waals surface area (Å²) in [5.41, 5.74) is 1.74. The van der Waals surface area contributed by atoms with E-state index < -0.39 is 7.26 Å². The van der Waals surface area contributed by atoms with Gasteiger partial charge in [-0.2, -0.15) is 0 Å². The Morgan fingerprint density at radius 1 is 0.688 bits per heavy atom. The maximum absolute atomic E-state index is 12.4. The molecule has 0 radical (unpaired) electrons. The highest BCUT2D eigenvalue weighted by atomic mass is 79.9. The molecular weight excluding hydrogens is 479 g/mol. The minimum absolute atomic E-state index is 0. The summed E-state index contributed by atoms with van der Waals surface area (Å²) in [4.78, 5) is 12.4. The normalized spacial score (nSPS) is 10.8. The summed E-state index contributed by atoms with van der Waals surface area (Å²) >= 11 is 0. The number of halogens is 1. The van der Waals surface area contributed by atoms with E-state index in [1.165, 1.54) is 15.9 Å². The van der Waals surface area contributed by atoms with Gasteiger partial charge in [-0.1, -0.05) is 66.7 Å². The van der Waals surface area contributed by atoms with Gasteiger partial charge in [0.15, 0.2) is 0 Å². The fourth-order valence-corrected chi connectivity index (χ4v) is 8.28. The van der Waals surface area contributed by atoms with E-state index in [2.05, 4.69) is 97.1 Å². The van der Waals surface area contributed by atoms with Crippen LogP contribution in [0.1, 0.15) is 22.8 Å². The molecule has 0 saturated heterocycles. The summed E-state index contributed by atoms with van der Waals surface area (Å²) in [5.74, 6) is -0.271. The fraction of sp³-hybridized carbons (Fsp3) is 0.107. The molecule has 4 aromatic rings. The third-order valence-corrected chi connectivity index (χ3v) is 9.83. The summed E-state index contributed by atoms with van der Waals surface area (Å²) in [6.07, 6.45) is 0.832. The molecule has 0 fully saturated rings. The van der Waals surface area contributed by atoms with Crippen LogP contribution < -0.4 is 32.9 Å². The molecule has 0 saturated carbocycles. The number of hydrogen-bond donors (Lipinski definition) is 0. The number of ether oxygens (including phenoxy) is 1. The Labute approximate surface area is 201 Å². The maximum atomic E-state index is 12.4.